The van der Waals surface area contributed by atoms with Crippen LogP contribution in [0, 0.1) is 12.8 Å². The first-order chi connectivity index (χ1) is 8.74. The summed E-state index contributed by atoms with van der Waals surface area (Å²) < 4.78 is 0. The van der Waals surface area contributed by atoms with E-state index in [1.807, 2.05) is 17.9 Å². The van der Waals surface area contributed by atoms with E-state index in [0.29, 0.717) is 12.0 Å². The molecule has 2 aliphatic heterocycles. The Kier molecular flexibility index (Phi) is 3.04. The molecule has 2 fully saturated rings. The third kappa shape index (κ3) is 2.12. The maximum Gasteiger partial charge on any atom is 0.255 e. The number of hydrogen-bond acceptors (Lipinski definition) is 3. The van der Waals surface area contributed by atoms with Crippen LogP contribution < -0.4 is 5.32 Å². The van der Waals surface area contributed by atoms with E-state index in [4.69, 9.17) is 0 Å². The zero-order chi connectivity index (χ0) is 12.5. The number of nitrogens with zero attached hydrogens (tertiary/aromatic N) is 2. The maximum atomic E-state index is 12.4. The molecule has 3 rings (SSSR count). The van der Waals surface area contributed by atoms with Crippen LogP contribution >= 0.6 is 0 Å². The third-order valence-electron chi connectivity index (χ3n) is 4.06. The van der Waals surface area contributed by atoms with Gasteiger partial charge in [-0.15, -0.1) is 0 Å². The van der Waals surface area contributed by atoms with Crippen molar-refractivity contribution in [3.05, 3.63) is 29.6 Å². The lowest BCUT2D eigenvalue weighted by Crippen LogP contribution is -2.46. The van der Waals surface area contributed by atoms with Gasteiger partial charge in [-0.1, -0.05) is 0 Å². The summed E-state index contributed by atoms with van der Waals surface area (Å²) in [7, 11) is 0. The van der Waals surface area contributed by atoms with Crippen LogP contribution in [0.2, 0.25) is 0 Å². The second-order valence-electron chi connectivity index (χ2n) is 5.40. The van der Waals surface area contributed by atoms with E-state index in [1.54, 1.807) is 12.4 Å². The largest absolute Gasteiger partial charge is 0.338 e. The highest BCUT2D eigenvalue weighted by molar-refractivity contribution is 5.94. The zero-order valence-electron chi connectivity index (χ0n) is 10.7. The number of aryl methyl sites for hydroxylation is 1. The number of fused-ring (bicyclic) bond motifs is 1. The molecule has 18 heavy (non-hydrogen) atoms. The molecule has 0 saturated carbocycles. The monoisotopic (exact) mass is 245 g/mol. The SMILES string of the molecule is Cc1cncc(C(=O)N2CCC3NCCC3C2)c1. The lowest BCUT2D eigenvalue weighted by molar-refractivity contribution is 0.0661. The predicted molar refractivity (Wildman–Crippen MR) is 69.4 cm³/mol. The summed E-state index contributed by atoms with van der Waals surface area (Å²) in [5, 5.41) is 3.52. The zero-order valence-corrected chi connectivity index (χ0v) is 10.7. The van der Waals surface area contributed by atoms with Crippen molar-refractivity contribution in [2.45, 2.75) is 25.8 Å². The van der Waals surface area contributed by atoms with Gasteiger partial charge in [0, 0.05) is 31.5 Å². The molecule has 0 aromatic carbocycles. The summed E-state index contributed by atoms with van der Waals surface area (Å²) in [6, 6.07) is 2.55. The summed E-state index contributed by atoms with van der Waals surface area (Å²) in [5.74, 6) is 0.775. The Morgan fingerprint density at radius 3 is 3.17 bits per heavy atom. The molecule has 1 aromatic heterocycles. The fraction of sp³-hybridized carbons (Fsp3) is 0.571. The number of rotatable bonds is 1. The topological polar surface area (TPSA) is 45.2 Å². The second-order valence-corrected chi connectivity index (χ2v) is 5.40. The van der Waals surface area contributed by atoms with Crippen LogP contribution in [0.5, 0.6) is 0 Å². The lowest BCUT2D eigenvalue weighted by Gasteiger charge is -2.34. The van der Waals surface area contributed by atoms with Gasteiger partial charge in [0.1, 0.15) is 0 Å². The number of nitrogens with one attached hydrogen (secondary N) is 1. The van der Waals surface area contributed by atoms with Gasteiger partial charge in [-0.3, -0.25) is 9.78 Å². The Morgan fingerprint density at radius 1 is 1.44 bits per heavy atom. The summed E-state index contributed by atoms with van der Waals surface area (Å²) >= 11 is 0. The minimum Gasteiger partial charge on any atom is -0.338 e. The molecule has 0 spiro atoms. The summed E-state index contributed by atoms with van der Waals surface area (Å²) in [4.78, 5) is 18.5. The van der Waals surface area contributed by atoms with Crippen molar-refractivity contribution in [2.24, 2.45) is 5.92 Å². The molecule has 1 N–H and O–H groups in total. The number of pyridine rings is 1. The van der Waals surface area contributed by atoms with Crippen LogP contribution in [0.4, 0.5) is 0 Å². The van der Waals surface area contributed by atoms with Gasteiger partial charge in [-0.25, -0.2) is 0 Å². The molecule has 2 saturated heterocycles. The van der Waals surface area contributed by atoms with Crippen molar-refractivity contribution in [1.29, 1.82) is 0 Å². The van der Waals surface area contributed by atoms with Crippen LogP contribution in [0.25, 0.3) is 0 Å². The molecule has 3 heterocycles. The van der Waals surface area contributed by atoms with Gasteiger partial charge >= 0.3 is 0 Å². The summed E-state index contributed by atoms with van der Waals surface area (Å²) in [6.07, 6.45) is 5.73. The van der Waals surface area contributed by atoms with Gasteiger partial charge in [-0.05, 0) is 43.9 Å². The molecule has 4 heteroatoms. The van der Waals surface area contributed by atoms with Crippen molar-refractivity contribution < 1.29 is 4.79 Å². The van der Waals surface area contributed by atoms with E-state index in [9.17, 15) is 4.79 Å². The van der Waals surface area contributed by atoms with Crippen molar-refractivity contribution in [2.75, 3.05) is 19.6 Å². The molecule has 2 atom stereocenters. The number of carbonyl (C=O) groups is 1. The third-order valence-corrected chi connectivity index (χ3v) is 4.06. The van der Waals surface area contributed by atoms with Gasteiger partial charge in [0.2, 0.25) is 0 Å². The maximum absolute atomic E-state index is 12.4. The van der Waals surface area contributed by atoms with Crippen LogP contribution in [-0.4, -0.2) is 41.5 Å². The Hall–Kier alpha value is -1.42. The number of likely N-dealkylation sites (tertiary alicyclic amines) is 1. The van der Waals surface area contributed by atoms with Gasteiger partial charge in [0.15, 0.2) is 0 Å². The minimum absolute atomic E-state index is 0.136. The summed E-state index contributed by atoms with van der Waals surface area (Å²) in [6.45, 7) is 4.83. The second kappa shape index (κ2) is 4.69. The number of amides is 1. The normalized spacial score (nSPS) is 27.1. The van der Waals surface area contributed by atoms with Gasteiger partial charge in [0.25, 0.3) is 5.91 Å². The Labute approximate surface area is 107 Å². The first kappa shape index (κ1) is 11.7. The highest BCUT2D eigenvalue weighted by Gasteiger charge is 2.34. The first-order valence-electron chi connectivity index (χ1n) is 6.68. The summed E-state index contributed by atoms with van der Waals surface area (Å²) in [5.41, 5.74) is 1.76. The number of hydrogen-bond donors (Lipinski definition) is 1. The van der Waals surface area contributed by atoms with Crippen molar-refractivity contribution in [3.63, 3.8) is 0 Å². The molecule has 0 radical (unpaired) electrons. The average Bonchev–Trinajstić information content (AvgIpc) is 2.85. The Morgan fingerprint density at radius 2 is 2.33 bits per heavy atom. The molecular weight excluding hydrogens is 226 g/mol. The van der Waals surface area contributed by atoms with Gasteiger partial charge < -0.3 is 10.2 Å². The molecular formula is C14H19N3O. The fourth-order valence-corrected chi connectivity index (χ4v) is 3.09. The van der Waals surface area contributed by atoms with Crippen molar-refractivity contribution in [3.8, 4) is 0 Å². The van der Waals surface area contributed by atoms with E-state index >= 15 is 0 Å². The number of piperidine rings is 1. The van der Waals surface area contributed by atoms with Crippen LogP contribution in [0.1, 0.15) is 28.8 Å². The molecule has 4 nitrogen and oxygen atoms in total. The van der Waals surface area contributed by atoms with Gasteiger partial charge in [-0.2, -0.15) is 0 Å². The van der Waals surface area contributed by atoms with E-state index in [-0.39, 0.29) is 5.91 Å². The molecule has 1 amide bonds. The highest BCUT2D eigenvalue weighted by Crippen LogP contribution is 2.25. The Balaban J connectivity index is 1.73. The van der Waals surface area contributed by atoms with E-state index in [1.165, 1.54) is 6.42 Å². The first-order valence-corrected chi connectivity index (χ1v) is 6.68. The molecule has 2 unspecified atom stereocenters. The van der Waals surface area contributed by atoms with E-state index in [0.717, 1.165) is 37.2 Å². The van der Waals surface area contributed by atoms with E-state index in [2.05, 4.69) is 10.3 Å². The van der Waals surface area contributed by atoms with Gasteiger partial charge in [0.05, 0.1) is 5.56 Å². The predicted octanol–water partition coefficient (Wildman–Crippen LogP) is 1.21. The molecule has 2 aliphatic rings. The quantitative estimate of drug-likeness (QED) is 0.809. The van der Waals surface area contributed by atoms with Crippen LogP contribution in [-0.2, 0) is 0 Å². The molecule has 0 aliphatic carbocycles. The minimum atomic E-state index is 0.136. The number of aromatic nitrogens is 1. The smallest absolute Gasteiger partial charge is 0.255 e. The van der Waals surface area contributed by atoms with Crippen molar-refractivity contribution >= 4 is 5.91 Å². The average molecular weight is 245 g/mol. The van der Waals surface area contributed by atoms with Crippen LogP contribution in [0.3, 0.4) is 0 Å². The van der Waals surface area contributed by atoms with Crippen LogP contribution in [0.15, 0.2) is 18.5 Å². The number of carbonyl (C=O) groups excluding carboxylic acids is 1. The lowest BCUT2D eigenvalue weighted by atomic mass is 9.93. The molecule has 0 bridgehead atoms. The van der Waals surface area contributed by atoms with E-state index < -0.39 is 0 Å². The highest BCUT2D eigenvalue weighted by atomic mass is 16.2. The van der Waals surface area contributed by atoms with Crippen molar-refractivity contribution in [1.82, 2.24) is 15.2 Å². The standard InChI is InChI=1S/C14H19N3O/c1-10-6-12(8-15-7-10)14(18)17-5-3-13-11(9-17)2-4-16-13/h6-8,11,13,16H,2-5,9H2,1H3. The molecule has 96 valence electrons. The Bertz CT molecular complexity index is 460. The fourth-order valence-electron chi connectivity index (χ4n) is 3.09. The molecule has 1 aromatic rings.